The lowest BCUT2D eigenvalue weighted by Gasteiger charge is -2.15. The van der Waals surface area contributed by atoms with E-state index in [-0.39, 0.29) is 18.6 Å². The molecule has 3 atom stereocenters. The van der Waals surface area contributed by atoms with E-state index < -0.39 is 16.4 Å². The Bertz CT molecular complexity index is 680. The Hall–Kier alpha value is -1.49. The zero-order chi connectivity index (χ0) is 17.9. The number of nitrogens with one attached hydrogen (secondary N) is 1. The highest BCUT2D eigenvalue weighted by molar-refractivity contribution is 7.84. The summed E-state index contributed by atoms with van der Waals surface area (Å²) in [5.74, 6) is 0.812. The first-order valence-corrected chi connectivity index (χ1v) is 9.96. The van der Waals surface area contributed by atoms with Crippen molar-refractivity contribution < 1.29 is 22.4 Å². The minimum Gasteiger partial charge on any atom is -0.474 e. The zero-order valence-corrected chi connectivity index (χ0v) is 14.7. The van der Waals surface area contributed by atoms with Gasteiger partial charge in [0.25, 0.3) is 0 Å². The van der Waals surface area contributed by atoms with Crippen LogP contribution in [0.5, 0.6) is 5.88 Å². The second-order valence-electron chi connectivity index (χ2n) is 6.68. The number of hydrogen-bond donors (Lipinski definition) is 3. The van der Waals surface area contributed by atoms with Crippen LogP contribution in [0.1, 0.15) is 38.5 Å². The summed E-state index contributed by atoms with van der Waals surface area (Å²) in [4.78, 5) is 8.32. The number of aliphatic hydroxyl groups is 1. The SMILES string of the molecule is NS(=O)(=O)OC[C@@H]1C[C@@H](Oc2cc(NC3CCCC3)ncn2)C[C@@H]1O. The van der Waals surface area contributed by atoms with Crippen LogP contribution in [-0.4, -0.2) is 48.3 Å². The Morgan fingerprint density at radius 2 is 2.04 bits per heavy atom. The number of nitrogens with zero attached hydrogens (tertiary/aromatic N) is 2. The van der Waals surface area contributed by atoms with E-state index in [0.717, 1.165) is 18.7 Å². The summed E-state index contributed by atoms with van der Waals surface area (Å²) in [6.07, 6.45) is 6.06. The zero-order valence-electron chi connectivity index (χ0n) is 13.9. The standard InChI is InChI=1S/C15H24N4O5S/c16-25(21,22)23-8-10-5-12(6-13(10)20)24-15-7-14(17-9-18-15)19-11-3-1-2-4-11/h7,9-13,20H,1-6,8H2,(H2,16,21,22)(H,17,18,19)/t10-,12+,13-/m0/s1. The van der Waals surface area contributed by atoms with Gasteiger partial charge >= 0.3 is 10.3 Å². The third kappa shape index (κ3) is 5.50. The smallest absolute Gasteiger partial charge is 0.333 e. The highest BCUT2D eigenvalue weighted by Gasteiger charge is 2.35. The Morgan fingerprint density at radius 1 is 1.28 bits per heavy atom. The van der Waals surface area contributed by atoms with Crippen molar-refractivity contribution >= 4 is 16.1 Å². The van der Waals surface area contributed by atoms with Crippen molar-refractivity contribution in [3.8, 4) is 5.88 Å². The fourth-order valence-electron chi connectivity index (χ4n) is 3.44. The summed E-state index contributed by atoms with van der Waals surface area (Å²) in [6.45, 7) is -0.155. The quantitative estimate of drug-likeness (QED) is 0.632. The maximum absolute atomic E-state index is 10.9. The molecule has 140 valence electrons. The molecule has 0 amide bonds. The molecule has 2 aliphatic rings. The van der Waals surface area contributed by atoms with E-state index in [0.29, 0.717) is 24.8 Å². The second-order valence-corrected chi connectivity index (χ2v) is 7.90. The molecule has 2 aliphatic carbocycles. The van der Waals surface area contributed by atoms with Gasteiger partial charge in [-0.25, -0.2) is 15.1 Å². The van der Waals surface area contributed by atoms with Crippen LogP contribution in [0.4, 0.5) is 5.82 Å². The third-order valence-electron chi connectivity index (χ3n) is 4.70. The molecule has 0 unspecified atom stereocenters. The molecule has 0 saturated heterocycles. The van der Waals surface area contributed by atoms with E-state index in [1.54, 1.807) is 6.07 Å². The highest BCUT2D eigenvalue weighted by atomic mass is 32.2. The molecular weight excluding hydrogens is 348 g/mol. The summed E-state index contributed by atoms with van der Waals surface area (Å²) in [5, 5.41) is 18.2. The van der Waals surface area contributed by atoms with Crippen molar-refractivity contribution in [1.82, 2.24) is 9.97 Å². The van der Waals surface area contributed by atoms with Crippen LogP contribution in [0, 0.1) is 5.92 Å². The van der Waals surface area contributed by atoms with E-state index >= 15 is 0 Å². The predicted octanol–water partition coefficient (Wildman–Crippen LogP) is 0.569. The Balaban J connectivity index is 1.53. The van der Waals surface area contributed by atoms with Gasteiger partial charge in [0, 0.05) is 24.4 Å². The molecule has 0 radical (unpaired) electrons. The molecule has 1 heterocycles. The van der Waals surface area contributed by atoms with Crippen LogP contribution in [0.25, 0.3) is 0 Å². The van der Waals surface area contributed by atoms with Gasteiger partial charge in [0.2, 0.25) is 5.88 Å². The average molecular weight is 372 g/mol. The maximum Gasteiger partial charge on any atom is 0.333 e. The summed E-state index contributed by atoms with van der Waals surface area (Å²) in [5.41, 5.74) is 0. The van der Waals surface area contributed by atoms with E-state index in [2.05, 4.69) is 19.5 Å². The number of hydrogen-bond acceptors (Lipinski definition) is 8. The van der Waals surface area contributed by atoms with E-state index in [9.17, 15) is 13.5 Å². The van der Waals surface area contributed by atoms with E-state index in [1.165, 1.54) is 19.2 Å². The van der Waals surface area contributed by atoms with Gasteiger partial charge in [-0.05, 0) is 19.3 Å². The molecule has 0 aromatic carbocycles. The number of nitrogens with two attached hydrogens (primary N) is 1. The molecule has 1 aromatic rings. The Kier molecular flexibility index (Phi) is 5.72. The summed E-state index contributed by atoms with van der Waals surface area (Å²) >= 11 is 0. The molecule has 4 N–H and O–H groups in total. The molecule has 3 rings (SSSR count). The van der Waals surface area contributed by atoms with Crippen LogP contribution in [0.2, 0.25) is 0 Å². The molecule has 25 heavy (non-hydrogen) atoms. The van der Waals surface area contributed by atoms with Crippen molar-refractivity contribution in [2.45, 2.75) is 56.8 Å². The predicted molar refractivity (Wildman–Crippen MR) is 90.1 cm³/mol. The van der Waals surface area contributed by atoms with Gasteiger partial charge < -0.3 is 15.2 Å². The molecule has 2 fully saturated rings. The maximum atomic E-state index is 10.9. The number of rotatable bonds is 7. The van der Waals surface area contributed by atoms with Crippen molar-refractivity contribution in [3.05, 3.63) is 12.4 Å². The second kappa shape index (κ2) is 7.81. The van der Waals surface area contributed by atoms with Crippen molar-refractivity contribution in [2.24, 2.45) is 11.1 Å². The van der Waals surface area contributed by atoms with Gasteiger partial charge in [-0.15, -0.1) is 0 Å². The number of aliphatic hydroxyl groups excluding tert-OH is 1. The van der Waals surface area contributed by atoms with Gasteiger partial charge in [0.1, 0.15) is 18.2 Å². The highest BCUT2D eigenvalue weighted by Crippen LogP contribution is 2.30. The third-order valence-corrected chi connectivity index (χ3v) is 5.16. The Morgan fingerprint density at radius 3 is 2.76 bits per heavy atom. The lowest BCUT2D eigenvalue weighted by atomic mass is 10.1. The summed E-state index contributed by atoms with van der Waals surface area (Å²) in [7, 11) is -4.01. The normalized spacial score (nSPS) is 27.5. The lowest BCUT2D eigenvalue weighted by molar-refractivity contribution is 0.0986. The van der Waals surface area contributed by atoms with Gasteiger partial charge in [-0.2, -0.15) is 8.42 Å². The number of aromatic nitrogens is 2. The minimum atomic E-state index is -4.01. The van der Waals surface area contributed by atoms with Gasteiger partial charge in [0.05, 0.1) is 12.7 Å². The minimum absolute atomic E-state index is 0.155. The largest absolute Gasteiger partial charge is 0.474 e. The molecular formula is C15H24N4O5S. The first-order chi connectivity index (χ1) is 11.9. The molecule has 2 saturated carbocycles. The van der Waals surface area contributed by atoms with Gasteiger partial charge in [0.15, 0.2) is 0 Å². The van der Waals surface area contributed by atoms with Crippen LogP contribution in [0.15, 0.2) is 12.4 Å². The van der Waals surface area contributed by atoms with Crippen molar-refractivity contribution in [1.29, 1.82) is 0 Å². The number of ether oxygens (including phenoxy) is 1. The summed E-state index contributed by atoms with van der Waals surface area (Å²) in [6, 6.07) is 2.19. The Labute approximate surface area is 147 Å². The van der Waals surface area contributed by atoms with E-state index in [4.69, 9.17) is 9.88 Å². The van der Waals surface area contributed by atoms with Crippen LogP contribution < -0.4 is 15.2 Å². The molecule has 10 heteroatoms. The molecule has 9 nitrogen and oxygen atoms in total. The van der Waals surface area contributed by atoms with Gasteiger partial charge in [-0.3, -0.25) is 4.18 Å². The monoisotopic (exact) mass is 372 g/mol. The average Bonchev–Trinajstić information content (AvgIpc) is 3.15. The van der Waals surface area contributed by atoms with Crippen LogP contribution in [-0.2, 0) is 14.5 Å². The first-order valence-electron chi connectivity index (χ1n) is 8.49. The summed E-state index contributed by atoms with van der Waals surface area (Å²) < 4.78 is 32.1. The first kappa shape index (κ1) is 18.3. The molecule has 0 bridgehead atoms. The van der Waals surface area contributed by atoms with Crippen molar-refractivity contribution in [3.63, 3.8) is 0 Å². The van der Waals surface area contributed by atoms with E-state index in [1.807, 2.05) is 0 Å². The molecule has 0 aliphatic heterocycles. The fraction of sp³-hybridized carbons (Fsp3) is 0.733. The molecule has 0 spiro atoms. The van der Waals surface area contributed by atoms with Crippen LogP contribution in [0.3, 0.4) is 0 Å². The topological polar surface area (TPSA) is 137 Å². The van der Waals surface area contributed by atoms with Crippen LogP contribution >= 0.6 is 0 Å². The fourth-order valence-corrected chi connectivity index (χ4v) is 3.81. The van der Waals surface area contributed by atoms with Gasteiger partial charge in [-0.1, -0.05) is 12.8 Å². The van der Waals surface area contributed by atoms with Crippen molar-refractivity contribution in [2.75, 3.05) is 11.9 Å². The molecule has 1 aromatic heterocycles. The lowest BCUT2D eigenvalue weighted by Crippen LogP contribution is -2.24. The number of anilines is 1.